The first-order valence-corrected chi connectivity index (χ1v) is 7.27. The molecule has 1 aromatic heterocycles. The Hall–Kier alpha value is -3.27. The van der Waals surface area contributed by atoms with Gasteiger partial charge in [-0.2, -0.15) is 5.26 Å². The van der Waals surface area contributed by atoms with E-state index in [1.807, 2.05) is 24.3 Å². The molecule has 7 heteroatoms. The largest absolute Gasteiger partial charge is 0.573 e. The van der Waals surface area contributed by atoms with Crippen LogP contribution in [-0.2, 0) is 7.05 Å². The average molecular weight is 343 g/mol. The summed E-state index contributed by atoms with van der Waals surface area (Å²) in [6.45, 7) is 0. The van der Waals surface area contributed by atoms with Crippen LogP contribution in [0.3, 0.4) is 0 Å². The molecular formula is C18H12F3N3O. The lowest BCUT2D eigenvalue weighted by atomic mass is 10.1. The summed E-state index contributed by atoms with van der Waals surface area (Å²) in [4.78, 5) is 4.44. The maximum absolute atomic E-state index is 12.2. The standard InChI is InChI=1S/C18H12F3N3O/c1-24-16-5-3-2-4-15(16)23-17(24)13(11-22)10-12-6-8-14(9-7-12)25-18(19,20)21/h2-10H,1H3/b13-10+. The van der Waals surface area contributed by atoms with Crippen LogP contribution < -0.4 is 4.74 Å². The van der Waals surface area contributed by atoms with Crippen molar-refractivity contribution in [2.75, 3.05) is 0 Å². The van der Waals surface area contributed by atoms with E-state index in [-0.39, 0.29) is 5.75 Å². The fourth-order valence-electron chi connectivity index (χ4n) is 2.47. The number of allylic oxidation sites excluding steroid dienone is 1. The molecule has 2 aromatic carbocycles. The minimum Gasteiger partial charge on any atom is -0.406 e. The predicted octanol–water partition coefficient (Wildman–Crippen LogP) is 4.54. The van der Waals surface area contributed by atoms with E-state index in [4.69, 9.17) is 0 Å². The van der Waals surface area contributed by atoms with Crippen LogP contribution in [0.15, 0.2) is 48.5 Å². The topological polar surface area (TPSA) is 50.8 Å². The Balaban J connectivity index is 1.95. The van der Waals surface area contributed by atoms with Crippen molar-refractivity contribution in [1.29, 1.82) is 5.26 Å². The van der Waals surface area contributed by atoms with Crippen molar-refractivity contribution < 1.29 is 17.9 Å². The van der Waals surface area contributed by atoms with Crippen molar-refractivity contribution in [1.82, 2.24) is 9.55 Å². The Morgan fingerprint density at radius 3 is 2.44 bits per heavy atom. The van der Waals surface area contributed by atoms with Gasteiger partial charge in [0.2, 0.25) is 0 Å². The molecule has 0 saturated carbocycles. The van der Waals surface area contributed by atoms with Crippen LogP contribution in [0.25, 0.3) is 22.7 Å². The van der Waals surface area contributed by atoms with Crippen LogP contribution in [0.4, 0.5) is 13.2 Å². The first-order valence-electron chi connectivity index (χ1n) is 7.27. The number of alkyl halides is 3. The van der Waals surface area contributed by atoms with Gasteiger partial charge >= 0.3 is 6.36 Å². The monoisotopic (exact) mass is 343 g/mol. The lowest BCUT2D eigenvalue weighted by Gasteiger charge is -2.08. The van der Waals surface area contributed by atoms with Crippen molar-refractivity contribution in [2.24, 2.45) is 7.05 Å². The molecule has 0 N–H and O–H groups in total. The van der Waals surface area contributed by atoms with E-state index < -0.39 is 6.36 Å². The van der Waals surface area contributed by atoms with Crippen LogP contribution in [0.2, 0.25) is 0 Å². The lowest BCUT2D eigenvalue weighted by Crippen LogP contribution is -2.16. The molecule has 4 nitrogen and oxygen atoms in total. The minimum absolute atomic E-state index is 0.309. The average Bonchev–Trinajstić information content (AvgIpc) is 2.90. The molecule has 0 unspecified atom stereocenters. The summed E-state index contributed by atoms with van der Waals surface area (Å²) in [6.07, 6.45) is -3.17. The molecule has 0 fully saturated rings. The number of imidazole rings is 1. The number of aromatic nitrogens is 2. The van der Waals surface area contributed by atoms with Crippen LogP contribution in [-0.4, -0.2) is 15.9 Å². The molecule has 0 atom stereocenters. The number of hydrogen-bond donors (Lipinski definition) is 0. The highest BCUT2D eigenvalue weighted by Gasteiger charge is 2.30. The van der Waals surface area contributed by atoms with Gasteiger partial charge < -0.3 is 9.30 Å². The zero-order valence-electron chi connectivity index (χ0n) is 13.1. The van der Waals surface area contributed by atoms with Gasteiger partial charge in [-0.1, -0.05) is 24.3 Å². The van der Waals surface area contributed by atoms with Crippen LogP contribution >= 0.6 is 0 Å². The predicted molar refractivity (Wildman–Crippen MR) is 87.3 cm³/mol. The van der Waals surface area contributed by atoms with E-state index in [0.29, 0.717) is 17.0 Å². The number of para-hydroxylation sites is 2. The number of fused-ring (bicyclic) bond motifs is 1. The summed E-state index contributed by atoms with van der Waals surface area (Å²) in [6, 6.07) is 14.8. The van der Waals surface area contributed by atoms with Gasteiger partial charge in [-0.3, -0.25) is 0 Å². The molecule has 0 bridgehead atoms. The third kappa shape index (κ3) is 3.63. The maximum atomic E-state index is 12.2. The fourth-order valence-corrected chi connectivity index (χ4v) is 2.47. The number of rotatable bonds is 3. The third-order valence-corrected chi connectivity index (χ3v) is 3.57. The number of nitriles is 1. The molecular weight excluding hydrogens is 331 g/mol. The SMILES string of the molecule is Cn1c(/C(C#N)=C/c2ccc(OC(F)(F)F)cc2)nc2ccccc21. The van der Waals surface area contributed by atoms with Gasteiger partial charge in [0.1, 0.15) is 11.8 Å². The number of nitrogens with zero attached hydrogens (tertiary/aromatic N) is 3. The molecule has 0 aliphatic rings. The zero-order valence-corrected chi connectivity index (χ0v) is 13.1. The molecule has 25 heavy (non-hydrogen) atoms. The second-order valence-electron chi connectivity index (χ2n) is 5.27. The molecule has 3 aromatic rings. The summed E-state index contributed by atoms with van der Waals surface area (Å²) in [5, 5.41) is 9.45. The molecule has 0 aliphatic heterocycles. The number of halogens is 3. The molecule has 3 rings (SSSR count). The Kier molecular flexibility index (Phi) is 4.19. The van der Waals surface area contributed by atoms with Crippen molar-refractivity contribution >= 4 is 22.7 Å². The summed E-state index contributed by atoms with van der Waals surface area (Å²) < 4.78 is 42.2. The van der Waals surface area contributed by atoms with Gasteiger partial charge in [-0.15, -0.1) is 13.2 Å². The Bertz CT molecular complexity index is 979. The highest BCUT2D eigenvalue weighted by atomic mass is 19.4. The van der Waals surface area contributed by atoms with Crippen LogP contribution in [0, 0.1) is 11.3 Å². The van der Waals surface area contributed by atoms with Crippen LogP contribution in [0.5, 0.6) is 5.75 Å². The second kappa shape index (κ2) is 6.32. The number of aryl methyl sites for hydroxylation is 1. The van der Waals surface area contributed by atoms with Gasteiger partial charge in [-0.25, -0.2) is 4.98 Å². The highest BCUT2D eigenvalue weighted by molar-refractivity contribution is 5.90. The normalized spacial score (nSPS) is 12.2. The van der Waals surface area contributed by atoms with E-state index in [2.05, 4.69) is 15.8 Å². The van der Waals surface area contributed by atoms with Crippen molar-refractivity contribution in [3.8, 4) is 11.8 Å². The molecule has 0 spiro atoms. The van der Waals surface area contributed by atoms with Gasteiger partial charge in [-0.05, 0) is 35.9 Å². The molecule has 1 heterocycles. The summed E-state index contributed by atoms with van der Waals surface area (Å²) >= 11 is 0. The first-order chi connectivity index (χ1) is 11.9. The Labute approximate surface area is 141 Å². The van der Waals surface area contributed by atoms with Crippen molar-refractivity contribution in [2.45, 2.75) is 6.36 Å². The maximum Gasteiger partial charge on any atom is 0.573 e. The molecule has 0 amide bonds. The molecule has 0 aliphatic carbocycles. The van der Waals surface area contributed by atoms with Gasteiger partial charge in [0.05, 0.1) is 16.6 Å². The van der Waals surface area contributed by atoms with E-state index in [1.54, 1.807) is 17.7 Å². The lowest BCUT2D eigenvalue weighted by molar-refractivity contribution is -0.274. The van der Waals surface area contributed by atoms with Gasteiger partial charge in [0, 0.05) is 7.05 Å². The number of ether oxygens (including phenoxy) is 1. The van der Waals surface area contributed by atoms with E-state index in [1.165, 1.54) is 24.3 Å². The second-order valence-corrected chi connectivity index (χ2v) is 5.27. The number of hydrogen-bond acceptors (Lipinski definition) is 3. The first kappa shape index (κ1) is 16.6. The van der Waals surface area contributed by atoms with Gasteiger partial charge in [0.25, 0.3) is 0 Å². The molecule has 0 saturated heterocycles. The van der Waals surface area contributed by atoms with Crippen molar-refractivity contribution in [3.63, 3.8) is 0 Å². The Morgan fingerprint density at radius 1 is 1.16 bits per heavy atom. The molecule has 126 valence electrons. The van der Waals surface area contributed by atoms with E-state index >= 15 is 0 Å². The smallest absolute Gasteiger partial charge is 0.406 e. The highest BCUT2D eigenvalue weighted by Crippen LogP contribution is 2.25. The van der Waals surface area contributed by atoms with Crippen LogP contribution in [0.1, 0.15) is 11.4 Å². The summed E-state index contributed by atoms with van der Waals surface area (Å²) in [5.74, 6) is 0.171. The van der Waals surface area contributed by atoms with Gasteiger partial charge in [0.15, 0.2) is 5.82 Å². The van der Waals surface area contributed by atoms with E-state index in [9.17, 15) is 18.4 Å². The quantitative estimate of drug-likeness (QED) is 0.656. The number of benzene rings is 2. The minimum atomic E-state index is -4.73. The zero-order chi connectivity index (χ0) is 18.0. The summed E-state index contributed by atoms with van der Waals surface area (Å²) in [7, 11) is 1.80. The van der Waals surface area contributed by atoms with Crippen molar-refractivity contribution in [3.05, 3.63) is 59.9 Å². The third-order valence-electron chi connectivity index (χ3n) is 3.57. The fraction of sp³-hybridized carbons (Fsp3) is 0.111. The summed E-state index contributed by atoms with van der Waals surface area (Å²) in [5.41, 5.74) is 2.52. The Morgan fingerprint density at radius 2 is 1.84 bits per heavy atom. The van der Waals surface area contributed by atoms with E-state index in [0.717, 1.165) is 11.0 Å². The molecule has 0 radical (unpaired) electrons.